The summed E-state index contributed by atoms with van der Waals surface area (Å²) in [5, 5.41) is 4.35. The molecule has 0 atom stereocenters. The van der Waals surface area contributed by atoms with Crippen molar-refractivity contribution in [1.82, 2.24) is 0 Å². The maximum Gasteiger partial charge on any atom is 0.0503 e. The SMILES string of the molecule is Clc1ccc(-c2sc3ccccc3c2Br)c2ccccc12. The molecule has 0 aliphatic carbocycles. The van der Waals surface area contributed by atoms with Crippen LogP contribution in [-0.2, 0) is 0 Å². The molecule has 0 fully saturated rings. The molecule has 0 bridgehead atoms. The van der Waals surface area contributed by atoms with Gasteiger partial charge in [-0.05, 0) is 33.4 Å². The van der Waals surface area contributed by atoms with Gasteiger partial charge in [-0.2, -0.15) is 0 Å². The molecule has 0 aliphatic heterocycles. The van der Waals surface area contributed by atoms with Gasteiger partial charge in [0, 0.05) is 30.5 Å². The van der Waals surface area contributed by atoms with Crippen molar-refractivity contribution in [2.75, 3.05) is 0 Å². The molecule has 0 nitrogen and oxygen atoms in total. The highest BCUT2D eigenvalue weighted by molar-refractivity contribution is 9.10. The predicted octanol–water partition coefficient (Wildman–Crippen LogP) is 7.14. The standard InChI is InChI=1S/C18H10BrClS/c19-17-14-7-3-4-8-16(14)21-18(17)13-9-10-15(20)12-6-2-1-5-11(12)13/h1-10H. The Hall–Kier alpha value is -1.35. The predicted molar refractivity (Wildman–Crippen MR) is 97.5 cm³/mol. The highest BCUT2D eigenvalue weighted by atomic mass is 79.9. The van der Waals surface area contributed by atoms with Gasteiger partial charge in [0.25, 0.3) is 0 Å². The molecule has 4 aromatic rings. The van der Waals surface area contributed by atoms with Crippen LogP contribution >= 0.6 is 38.9 Å². The average molecular weight is 374 g/mol. The van der Waals surface area contributed by atoms with Crippen molar-refractivity contribution in [1.29, 1.82) is 0 Å². The Labute approximate surface area is 140 Å². The van der Waals surface area contributed by atoms with Crippen LogP contribution in [0.2, 0.25) is 5.02 Å². The van der Waals surface area contributed by atoms with Gasteiger partial charge in [0.1, 0.15) is 0 Å². The molecule has 102 valence electrons. The molecule has 0 N–H and O–H groups in total. The Kier molecular flexibility index (Phi) is 3.26. The van der Waals surface area contributed by atoms with E-state index in [1.54, 1.807) is 0 Å². The lowest BCUT2D eigenvalue weighted by Crippen LogP contribution is -1.80. The number of halogens is 2. The highest BCUT2D eigenvalue weighted by Gasteiger charge is 2.14. The number of thiophene rings is 1. The van der Waals surface area contributed by atoms with Crippen LogP contribution in [0.4, 0.5) is 0 Å². The molecule has 0 amide bonds. The van der Waals surface area contributed by atoms with Gasteiger partial charge in [0.15, 0.2) is 0 Å². The van der Waals surface area contributed by atoms with Crippen LogP contribution in [0.5, 0.6) is 0 Å². The summed E-state index contributed by atoms with van der Waals surface area (Å²) in [5.41, 5.74) is 1.23. The van der Waals surface area contributed by atoms with E-state index in [1.807, 2.05) is 23.5 Å². The fourth-order valence-corrected chi connectivity index (χ4v) is 4.94. The molecule has 0 aliphatic rings. The monoisotopic (exact) mass is 372 g/mol. The zero-order valence-electron chi connectivity index (χ0n) is 10.9. The van der Waals surface area contributed by atoms with Gasteiger partial charge in [-0.3, -0.25) is 0 Å². The van der Waals surface area contributed by atoms with Crippen molar-refractivity contribution >= 4 is 59.7 Å². The number of rotatable bonds is 1. The molecule has 21 heavy (non-hydrogen) atoms. The van der Waals surface area contributed by atoms with E-state index in [4.69, 9.17) is 11.6 Å². The van der Waals surface area contributed by atoms with Gasteiger partial charge in [-0.25, -0.2) is 0 Å². The normalized spacial score (nSPS) is 11.3. The second-order valence-corrected chi connectivity index (χ2v) is 7.13. The zero-order valence-corrected chi connectivity index (χ0v) is 14.1. The quantitative estimate of drug-likeness (QED) is 0.332. The maximum absolute atomic E-state index is 6.33. The summed E-state index contributed by atoms with van der Waals surface area (Å²) in [7, 11) is 0. The summed E-state index contributed by atoms with van der Waals surface area (Å²) in [6.45, 7) is 0. The second kappa shape index (κ2) is 5.13. The Balaban J connectivity index is 2.10. The molecule has 1 heterocycles. The molecule has 0 saturated heterocycles. The second-order valence-electron chi connectivity index (χ2n) is 4.88. The first-order valence-electron chi connectivity index (χ1n) is 6.60. The summed E-state index contributed by atoms with van der Waals surface area (Å²) >= 11 is 11.9. The summed E-state index contributed by atoms with van der Waals surface area (Å²) in [6, 6.07) is 20.8. The number of hydrogen-bond donors (Lipinski definition) is 0. The number of benzene rings is 3. The summed E-state index contributed by atoms with van der Waals surface area (Å²) in [6.07, 6.45) is 0. The number of fused-ring (bicyclic) bond motifs is 2. The van der Waals surface area contributed by atoms with Crippen molar-refractivity contribution in [2.45, 2.75) is 0 Å². The number of hydrogen-bond acceptors (Lipinski definition) is 1. The zero-order chi connectivity index (χ0) is 14.4. The first-order chi connectivity index (χ1) is 10.3. The Morgan fingerprint density at radius 1 is 0.762 bits per heavy atom. The molecule has 0 unspecified atom stereocenters. The van der Waals surface area contributed by atoms with Gasteiger partial charge in [-0.15, -0.1) is 11.3 Å². The van der Waals surface area contributed by atoms with Crippen LogP contribution in [-0.4, -0.2) is 0 Å². The van der Waals surface area contributed by atoms with Crippen molar-refractivity contribution in [3.8, 4) is 10.4 Å². The average Bonchev–Trinajstić information content (AvgIpc) is 2.86. The minimum Gasteiger partial charge on any atom is -0.134 e. The van der Waals surface area contributed by atoms with Gasteiger partial charge in [0.2, 0.25) is 0 Å². The maximum atomic E-state index is 6.33. The smallest absolute Gasteiger partial charge is 0.0503 e. The molecule has 0 saturated carbocycles. The van der Waals surface area contributed by atoms with Crippen molar-refractivity contribution in [2.24, 2.45) is 0 Å². The van der Waals surface area contributed by atoms with E-state index in [1.165, 1.54) is 25.9 Å². The van der Waals surface area contributed by atoms with Crippen molar-refractivity contribution in [3.63, 3.8) is 0 Å². The van der Waals surface area contributed by atoms with Crippen LogP contribution in [0.25, 0.3) is 31.3 Å². The lowest BCUT2D eigenvalue weighted by molar-refractivity contribution is 1.72. The minimum atomic E-state index is 0.798. The van der Waals surface area contributed by atoms with E-state index >= 15 is 0 Å². The minimum absolute atomic E-state index is 0.798. The third kappa shape index (κ3) is 2.10. The molecule has 1 aromatic heterocycles. The third-order valence-electron chi connectivity index (χ3n) is 3.65. The molecule has 3 aromatic carbocycles. The molecule has 4 rings (SSSR count). The van der Waals surface area contributed by atoms with Crippen LogP contribution in [0.1, 0.15) is 0 Å². The van der Waals surface area contributed by atoms with Crippen molar-refractivity contribution in [3.05, 3.63) is 70.2 Å². The van der Waals surface area contributed by atoms with Crippen LogP contribution < -0.4 is 0 Å². The van der Waals surface area contributed by atoms with Gasteiger partial charge >= 0.3 is 0 Å². The van der Waals surface area contributed by atoms with Gasteiger partial charge < -0.3 is 0 Å². The Bertz CT molecular complexity index is 971. The van der Waals surface area contributed by atoms with E-state index in [9.17, 15) is 0 Å². The van der Waals surface area contributed by atoms with E-state index in [2.05, 4.69) is 64.5 Å². The first-order valence-corrected chi connectivity index (χ1v) is 8.59. The fourth-order valence-electron chi connectivity index (χ4n) is 2.65. The largest absolute Gasteiger partial charge is 0.134 e. The highest BCUT2D eigenvalue weighted by Crippen LogP contribution is 2.45. The summed E-state index contributed by atoms with van der Waals surface area (Å²) in [4.78, 5) is 1.25. The van der Waals surface area contributed by atoms with Crippen LogP contribution in [0.15, 0.2) is 65.1 Å². The van der Waals surface area contributed by atoms with E-state index in [-0.39, 0.29) is 0 Å². The fraction of sp³-hybridized carbons (Fsp3) is 0. The molecule has 0 spiro atoms. The van der Waals surface area contributed by atoms with Gasteiger partial charge in [0.05, 0.1) is 4.88 Å². The van der Waals surface area contributed by atoms with Crippen LogP contribution in [0.3, 0.4) is 0 Å². The summed E-state index contributed by atoms with van der Waals surface area (Å²) < 4.78 is 2.45. The lowest BCUT2D eigenvalue weighted by Gasteiger charge is -2.07. The van der Waals surface area contributed by atoms with Crippen molar-refractivity contribution < 1.29 is 0 Å². The topological polar surface area (TPSA) is 0 Å². The van der Waals surface area contributed by atoms with E-state index in [0.29, 0.717) is 0 Å². The van der Waals surface area contributed by atoms with Crippen LogP contribution in [0, 0.1) is 0 Å². The Morgan fingerprint density at radius 2 is 1.43 bits per heavy atom. The van der Waals surface area contributed by atoms with E-state index < -0.39 is 0 Å². The van der Waals surface area contributed by atoms with E-state index in [0.717, 1.165) is 14.9 Å². The summed E-state index contributed by atoms with van der Waals surface area (Å²) in [5.74, 6) is 0. The Morgan fingerprint density at radius 3 is 2.19 bits per heavy atom. The molecular weight excluding hydrogens is 364 g/mol. The third-order valence-corrected chi connectivity index (χ3v) is 6.27. The van der Waals surface area contributed by atoms with Gasteiger partial charge in [-0.1, -0.05) is 60.1 Å². The molecular formula is C18H10BrClS. The molecule has 0 radical (unpaired) electrons. The lowest BCUT2D eigenvalue weighted by atomic mass is 10.0. The first kappa shape index (κ1) is 13.3. The molecule has 3 heteroatoms.